The van der Waals surface area contributed by atoms with E-state index in [1.54, 1.807) is 0 Å². The van der Waals surface area contributed by atoms with Gasteiger partial charge in [-0.25, -0.2) is 9.59 Å². The van der Waals surface area contributed by atoms with Crippen molar-refractivity contribution in [3.63, 3.8) is 0 Å². The topological polar surface area (TPSA) is 82.3 Å². The van der Waals surface area contributed by atoms with Crippen LogP contribution in [0.5, 0.6) is 0 Å². The molecule has 1 aliphatic carbocycles. The van der Waals surface area contributed by atoms with Crippen LogP contribution in [0.15, 0.2) is 0 Å². The smallest absolute Gasteiger partial charge is 0.315 e. The molecular formula is C32H64N4O2. The maximum atomic E-state index is 12.4. The summed E-state index contributed by atoms with van der Waals surface area (Å²) in [5.74, 6) is 0. The molecule has 6 heteroatoms. The Kier molecular flexibility index (Phi) is 23.5. The third-order valence-corrected chi connectivity index (χ3v) is 8.03. The van der Waals surface area contributed by atoms with Gasteiger partial charge in [0.05, 0.1) is 12.1 Å². The molecule has 0 aromatic heterocycles. The lowest BCUT2D eigenvalue weighted by Gasteiger charge is -2.32. The van der Waals surface area contributed by atoms with Crippen molar-refractivity contribution in [3.8, 4) is 0 Å². The molecule has 0 saturated heterocycles. The van der Waals surface area contributed by atoms with E-state index in [1.165, 1.54) is 116 Å². The van der Waals surface area contributed by atoms with Gasteiger partial charge in [-0.1, -0.05) is 142 Å². The predicted octanol–water partition coefficient (Wildman–Crippen LogP) is 8.74. The third kappa shape index (κ3) is 20.5. The Bertz CT molecular complexity index is 510. The SMILES string of the molecule is CCCCCCCCCCCCNC(=O)N[C@H]1CCCC[C@H]1NC(=O)NCCCCCCCCCCCC. The summed E-state index contributed by atoms with van der Waals surface area (Å²) in [5.41, 5.74) is 0. The van der Waals surface area contributed by atoms with E-state index in [0.717, 1.165) is 51.6 Å². The Labute approximate surface area is 236 Å². The second-order valence-electron chi connectivity index (χ2n) is 11.7. The monoisotopic (exact) mass is 537 g/mol. The molecule has 0 heterocycles. The molecule has 0 aliphatic heterocycles. The number of hydrogen-bond acceptors (Lipinski definition) is 2. The van der Waals surface area contributed by atoms with Crippen LogP contribution in [0.4, 0.5) is 9.59 Å². The van der Waals surface area contributed by atoms with Gasteiger partial charge in [-0.05, 0) is 25.7 Å². The molecule has 0 bridgehead atoms. The molecule has 4 amide bonds. The van der Waals surface area contributed by atoms with Crippen molar-refractivity contribution in [2.75, 3.05) is 13.1 Å². The second kappa shape index (κ2) is 25.8. The molecule has 0 unspecified atom stereocenters. The molecule has 0 aromatic rings. The van der Waals surface area contributed by atoms with Crippen molar-refractivity contribution < 1.29 is 9.59 Å². The van der Waals surface area contributed by atoms with Crippen LogP contribution < -0.4 is 21.3 Å². The van der Waals surface area contributed by atoms with E-state index in [2.05, 4.69) is 35.1 Å². The van der Waals surface area contributed by atoms with Crippen LogP contribution in [0, 0.1) is 0 Å². The molecule has 0 radical (unpaired) electrons. The van der Waals surface area contributed by atoms with Gasteiger partial charge in [0.15, 0.2) is 0 Å². The first-order valence-electron chi connectivity index (χ1n) is 16.8. The standard InChI is InChI=1S/C32H64N4O2/c1-3-5-7-9-11-13-15-17-19-23-27-33-31(37)35-29-25-21-22-26-30(29)36-32(38)34-28-24-20-18-16-14-12-10-8-6-4-2/h29-30H,3-28H2,1-2H3,(H2,33,35,37)(H2,34,36,38)/t29-,30+. The van der Waals surface area contributed by atoms with E-state index in [-0.39, 0.29) is 24.1 Å². The van der Waals surface area contributed by atoms with Crippen LogP contribution in [0.3, 0.4) is 0 Å². The normalized spacial score (nSPS) is 17.2. The van der Waals surface area contributed by atoms with Crippen LogP contribution in [0.2, 0.25) is 0 Å². The zero-order chi connectivity index (χ0) is 27.5. The van der Waals surface area contributed by atoms with Crippen molar-refractivity contribution in [1.82, 2.24) is 21.3 Å². The highest BCUT2D eigenvalue weighted by atomic mass is 16.2. The minimum absolute atomic E-state index is 0.0135. The van der Waals surface area contributed by atoms with Crippen LogP contribution in [0.25, 0.3) is 0 Å². The molecular weight excluding hydrogens is 472 g/mol. The molecule has 1 aliphatic rings. The maximum Gasteiger partial charge on any atom is 0.315 e. The van der Waals surface area contributed by atoms with Crippen molar-refractivity contribution in [3.05, 3.63) is 0 Å². The number of carbonyl (C=O) groups excluding carboxylic acids is 2. The highest BCUT2D eigenvalue weighted by Gasteiger charge is 2.27. The van der Waals surface area contributed by atoms with Gasteiger partial charge >= 0.3 is 12.1 Å². The Morgan fingerprint density at radius 2 is 0.763 bits per heavy atom. The Morgan fingerprint density at radius 3 is 1.08 bits per heavy atom. The number of urea groups is 2. The van der Waals surface area contributed by atoms with Crippen molar-refractivity contribution in [2.24, 2.45) is 0 Å². The molecule has 6 nitrogen and oxygen atoms in total. The van der Waals surface area contributed by atoms with E-state index in [1.807, 2.05) is 0 Å². The molecule has 4 N–H and O–H groups in total. The van der Waals surface area contributed by atoms with Crippen LogP contribution in [0.1, 0.15) is 168 Å². The van der Waals surface area contributed by atoms with E-state index in [9.17, 15) is 9.59 Å². The van der Waals surface area contributed by atoms with Crippen molar-refractivity contribution >= 4 is 12.1 Å². The summed E-state index contributed by atoms with van der Waals surface area (Å²) in [5, 5.41) is 12.3. The summed E-state index contributed by atoms with van der Waals surface area (Å²) >= 11 is 0. The average molecular weight is 537 g/mol. The largest absolute Gasteiger partial charge is 0.338 e. The highest BCUT2D eigenvalue weighted by Crippen LogP contribution is 2.19. The minimum atomic E-state index is -0.0922. The summed E-state index contributed by atoms with van der Waals surface area (Å²) in [6.07, 6.45) is 30.0. The number of unbranched alkanes of at least 4 members (excludes halogenated alkanes) is 18. The van der Waals surface area contributed by atoms with Crippen LogP contribution >= 0.6 is 0 Å². The summed E-state index contributed by atoms with van der Waals surface area (Å²) < 4.78 is 0. The average Bonchev–Trinajstić information content (AvgIpc) is 2.91. The first kappa shape index (κ1) is 34.6. The Hall–Kier alpha value is -1.46. The number of hydrogen-bond donors (Lipinski definition) is 4. The van der Waals surface area contributed by atoms with Gasteiger partial charge in [-0.2, -0.15) is 0 Å². The van der Waals surface area contributed by atoms with E-state index >= 15 is 0 Å². The zero-order valence-corrected chi connectivity index (χ0v) is 25.4. The number of amides is 4. The number of rotatable bonds is 24. The fourth-order valence-corrected chi connectivity index (χ4v) is 5.54. The van der Waals surface area contributed by atoms with Crippen molar-refractivity contribution in [1.29, 1.82) is 0 Å². The summed E-state index contributed by atoms with van der Waals surface area (Å²) in [6, 6.07) is -0.158. The fraction of sp³-hybridized carbons (Fsp3) is 0.938. The van der Waals surface area contributed by atoms with Gasteiger partial charge in [-0.15, -0.1) is 0 Å². The Morgan fingerprint density at radius 1 is 0.474 bits per heavy atom. The molecule has 1 saturated carbocycles. The molecule has 2 atom stereocenters. The molecule has 0 aromatic carbocycles. The highest BCUT2D eigenvalue weighted by molar-refractivity contribution is 5.75. The fourth-order valence-electron chi connectivity index (χ4n) is 5.54. The third-order valence-electron chi connectivity index (χ3n) is 8.03. The van der Waals surface area contributed by atoms with Gasteiger partial charge in [0, 0.05) is 13.1 Å². The zero-order valence-electron chi connectivity index (χ0n) is 25.4. The first-order chi connectivity index (χ1) is 18.7. The van der Waals surface area contributed by atoms with Gasteiger partial charge in [-0.3, -0.25) is 0 Å². The van der Waals surface area contributed by atoms with Crippen molar-refractivity contribution in [2.45, 2.75) is 180 Å². The van der Waals surface area contributed by atoms with Crippen LogP contribution in [-0.2, 0) is 0 Å². The molecule has 224 valence electrons. The lowest BCUT2D eigenvalue weighted by atomic mass is 9.90. The predicted molar refractivity (Wildman–Crippen MR) is 163 cm³/mol. The lowest BCUT2D eigenvalue weighted by Crippen LogP contribution is -2.56. The minimum Gasteiger partial charge on any atom is -0.338 e. The second-order valence-corrected chi connectivity index (χ2v) is 11.7. The van der Waals surface area contributed by atoms with E-state index in [0.29, 0.717) is 0 Å². The van der Waals surface area contributed by atoms with Gasteiger partial charge < -0.3 is 21.3 Å². The Balaban J connectivity index is 2.04. The van der Waals surface area contributed by atoms with E-state index < -0.39 is 0 Å². The first-order valence-corrected chi connectivity index (χ1v) is 16.8. The van der Waals surface area contributed by atoms with E-state index in [4.69, 9.17) is 0 Å². The molecule has 0 spiro atoms. The quantitative estimate of drug-likeness (QED) is 0.0930. The van der Waals surface area contributed by atoms with Gasteiger partial charge in [0.2, 0.25) is 0 Å². The number of nitrogens with one attached hydrogen (secondary N) is 4. The maximum absolute atomic E-state index is 12.4. The number of carbonyl (C=O) groups is 2. The summed E-state index contributed by atoms with van der Waals surface area (Å²) in [4.78, 5) is 24.9. The summed E-state index contributed by atoms with van der Waals surface area (Å²) in [7, 11) is 0. The molecule has 1 fully saturated rings. The lowest BCUT2D eigenvalue weighted by molar-refractivity contribution is 0.213. The van der Waals surface area contributed by atoms with Gasteiger partial charge in [0.1, 0.15) is 0 Å². The summed E-state index contributed by atoms with van der Waals surface area (Å²) in [6.45, 7) is 5.98. The molecule has 1 rings (SSSR count). The molecule has 38 heavy (non-hydrogen) atoms. The van der Waals surface area contributed by atoms with Crippen LogP contribution in [-0.4, -0.2) is 37.2 Å². The van der Waals surface area contributed by atoms with Gasteiger partial charge in [0.25, 0.3) is 0 Å².